The molecule has 0 saturated carbocycles. The monoisotopic (exact) mass is 444 g/mol. The molecule has 3 aromatic rings. The predicted molar refractivity (Wildman–Crippen MR) is 98.2 cm³/mol. The van der Waals surface area contributed by atoms with E-state index in [1.807, 2.05) is 0 Å². The van der Waals surface area contributed by atoms with Gasteiger partial charge in [0.05, 0.1) is 12.2 Å². The highest BCUT2D eigenvalue weighted by molar-refractivity contribution is 5.65. The number of methoxy groups -OCH3 is 1. The molecular weight excluding hydrogens is 429 g/mol. The quantitative estimate of drug-likeness (QED) is 0.312. The van der Waals surface area contributed by atoms with E-state index in [4.69, 9.17) is 4.74 Å². The summed E-state index contributed by atoms with van der Waals surface area (Å²) in [6.07, 6.45) is -3.88. The van der Waals surface area contributed by atoms with Gasteiger partial charge in [0.15, 0.2) is 29.1 Å². The molecule has 0 N–H and O–H groups in total. The summed E-state index contributed by atoms with van der Waals surface area (Å²) in [5, 5.41) is 0. The molecule has 0 heterocycles. The molecule has 0 fully saturated rings. The van der Waals surface area contributed by atoms with Gasteiger partial charge in [0, 0.05) is 24.8 Å². The van der Waals surface area contributed by atoms with Crippen molar-refractivity contribution < 1.29 is 40.2 Å². The van der Waals surface area contributed by atoms with Crippen LogP contribution in [0.25, 0.3) is 11.1 Å². The van der Waals surface area contributed by atoms with Gasteiger partial charge in [-0.15, -0.1) is 0 Å². The summed E-state index contributed by atoms with van der Waals surface area (Å²) < 4.78 is 106. The van der Waals surface area contributed by atoms with Crippen molar-refractivity contribution >= 4 is 0 Å². The first-order valence-electron chi connectivity index (χ1n) is 8.92. The molecule has 0 spiro atoms. The van der Waals surface area contributed by atoms with E-state index < -0.39 is 46.5 Å². The molecule has 2 nitrogen and oxygen atoms in total. The minimum absolute atomic E-state index is 0.110. The summed E-state index contributed by atoms with van der Waals surface area (Å²) in [7, 11) is 1.42. The van der Waals surface area contributed by atoms with E-state index in [-0.39, 0.29) is 41.9 Å². The van der Waals surface area contributed by atoms with Crippen LogP contribution in [-0.4, -0.2) is 13.7 Å². The van der Waals surface area contributed by atoms with Gasteiger partial charge in [0.2, 0.25) is 0 Å². The number of rotatable bonds is 7. The maximum absolute atomic E-state index is 14.4. The molecule has 0 saturated heterocycles. The number of benzene rings is 3. The SMILES string of the molecule is COCCc1ccc(-c2ccc(C(F)(F)Oc3cc(F)c(F)c(F)c3)cc2)c(F)c1F. The van der Waals surface area contributed by atoms with Crippen LogP contribution in [0.3, 0.4) is 0 Å². The fourth-order valence-electron chi connectivity index (χ4n) is 2.86. The zero-order valence-electron chi connectivity index (χ0n) is 16.0. The fraction of sp³-hybridized carbons (Fsp3) is 0.182. The highest BCUT2D eigenvalue weighted by Gasteiger charge is 2.35. The summed E-state index contributed by atoms with van der Waals surface area (Å²) >= 11 is 0. The third-order valence-corrected chi connectivity index (χ3v) is 4.47. The first-order chi connectivity index (χ1) is 14.6. The van der Waals surface area contributed by atoms with Gasteiger partial charge in [0.25, 0.3) is 0 Å². The molecule has 0 aliphatic heterocycles. The van der Waals surface area contributed by atoms with Gasteiger partial charge in [-0.25, -0.2) is 22.0 Å². The molecule has 31 heavy (non-hydrogen) atoms. The average Bonchev–Trinajstić information content (AvgIpc) is 2.73. The van der Waals surface area contributed by atoms with Crippen LogP contribution in [0.4, 0.5) is 30.7 Å². The lowest BCUT2D eigenvalue weighted by Crippen LogP contribution is -2.22. The van der Waals surface area contributed by atoms with Gasteiger partial charge < -0.3 is 9.47 Å². The van der Waals surface area contributed by atoms with Gasteiger partial charge in [-0.3, -0.25) is 0 Å². The molecule has 0 atom stereocenters. The number of alkyl halides is 2. The van der Waals surface area contributed by atoms with Crippen molar-refractivity contribution in [3.8, 4) is 16.9 Å². The second-order valence-electron chi connectivity index (χ2n) is 6.54. The second-order valence-corrected chi connectivity index (χ2v) is 6.54. The minimum atomic E-state index is -4.04. The van der Waals surface area contributed by atoms with Crippen molar-refractivity contribution in [3.63, 3.8) is 0 Å². The summed E-state index contributed by atoms with van der Waals surface area (Å²) in [4.78, 5) is 0. The Labute approximate surface area is 172 Å². The second kappa shape index (κ2) is 8.97. The Morgan fingerprint density at radius 1 is 0.774 bits per heavy atom. The van der Waals surface area contributed by atoms with E-state index in [9.17, 15) is 30.7 Å². The Bertz CT molecular complexity index is 1060. The highest BCUT2D eigenvalue weighted by Crippen LogP contribution is 2.34. The molecule has 0 aromatic heterocycles. The Morgan fingerprint density at radius 2 is 1.39 bits per heavy atom. The molecule has 0 aliphatic carbocycles. The van der Waals surface area contributed by atoms with E-state index in [2.05, 4.69) is 4.74 Å². The van der Waals surface area contributed by atoms with Crippen LogP contribution >= 0.6 is 0 Å². The van der Waals surface area contributed by atoms with Crippen molar-refractivity contribution in [2.45, 2.75) is 12.5 Å². The predicted octanol–water partition coefficient (Wildman–Crippen LogP) is 6.37. The highest BCUT2D eigenvalue weighted by atomic mass is 19.3. The molecular formula is C22H15F7O2. The molecule has 0 aliphatic rings. The molecule has 3 rings (SSSR count). The Hall–Kier alpha value is -3.07. The van der Waals surface area contributed by atoms with E-state index in [1.165, 1.54) is 19.2 Å². The number of halogens is 7. The number of hydrogen-bond acceptors (Lipinski definition) is 2. The number of ether oxygens (including phenoxy) is 2. The minimum Gasteiger partial charge on any atom is -0.429 e. The molecule has 0 bridgehead atoms. The van der Waals surface area contributed by atoms with E-state index in [1.54, 1.807) is 0 Å². The number of hydrogen-bond donors (Lipinski definition) is 0. The van der Waals surface area contributed by atoms with Gasteiger partial charge in [-0.05, 0) is 29.7 Å². The van der Waals surface area contributed by atoms with E-state index >= 15 is 0 Å². The molecule has 0 unspecified atom stereocenters. The summed E-state index contributed by atoms with van der Waals surface area (Å²) in [5.41, 5.74) is -0.636. The molecule has 3 aromatic carbocycles. The maximum atomic E-state index is 14.4. The van der Waals surface area contributed by atoms with Crippen LogP contribution in [0.2, 0.25) is 0 Å². The van der Waals surface area contributed by atoms with Gasteiger partial charge in [0.1, 0.15) is 5.75 Å². The van der Waals surface area contributed by atoms with Crippen LogP contribution in [0.5, 0.6) is 5.75 Å². The summed E-state index contributed by atoms with van der Waals surface area (Å²) in [6, 6.07) is 7.26. The first-order valence-corrected chi connectivity index (χ1v) is 8.92. The zero-order chi connectivity index (χ0) is 22.8. The average molecular weight is 444 g/mol. The zero-order valence-corrected chi connectivity index (χ0v) is 16.0. The standard InChI is InChI=1S/C22H15F7O2/c1-30-9-8-13-4-7-16(20(26)19(13)25)12-2-5-14(6-3-12)22(28,29)31-15-10-17(23)21(27)18(24)11-15/h2-7,10-11H,8-9H2,1H3. The van der Waals surface area contributed by atoms with Crippen molar-refractivity contribution in [2.24, 2.45) is 0 Å². The normalized spacial score (nSPS) is 11.6. The van der Waals surface area contributed by atoms with Gasteiger partial charge >= 0.3 is 6.11 Å². The molecule has 0 amide bonds. The Morgan fingerprint density at radius 3 is 1.97 bits per heavy atom. The first kappa shape index (κ1) is 22.6. The maximum Gasteiger partial charge on any atom is 0.426 e. The van der Waals surface area contributed by atoms with Crippen LogP contribution < -0.4 is 4.74 Å². The summed E-state index contributed by atoms with van der Waals surface area (Å²) in [5.74, 6) is -8.32. The fourth-order valence-corrected chi connectivity index (χ4v) is 2.86. The Balaban J connectivity index is 1.85. The topological polar surface area (TPSA) is 18.5 Å². The third-order valence-electron chi connectivity index (χ3n) is 4.47. The van der Waals surface area contributed by atoms with Crippen LogP contribution in [-0.2, 0) is 17.3 Å². The molecule has 164 valence electrons. The van der Waals surface area contributed by atoms with Gasteiger partial charge in [-0.1, -0.05) is 24.3 Å². The smallest absolute Gasteiger partial charge is 0.426 e. The van der Waals surface area contributed by atoms with Crippen LogP contribution in [0.15, 0.2) is 48.5 Å². The van der Waals surface area contributed by atoms with Crippen molar-refractivity contribution in [3.05, 3.63) is 88.7 Å². The third kappa shape index (κ3) is 4.82. The largest absolute Gasteiger partial charge is 0.429 e. The van der Waals surface area contributed by atoms with Crippen molar-refractivity contribution in [1.29, 1.82) is 0 Å². The molecule has 0 radical (unpaired) electrons. The van der Waals surface area contributed by atoms with E-state index in [0.29, 0.717) is 0 Å². The van der Waals surface area contributed by atoms with Gasteiger partial charge in [-0.2, -0.15) is 8.78 Å². The lowest BCUT2D eigenvalue weighted by atomic mass is 10.00. The van der Waals surface area contributed by atoms with Crippen LogP contribution in [0.1, 0.15) is 11.1 Å². The van der Waals surface area contributed by atoms with Crippen molar-refractivity contribution in [2.75, 3.05) is 13.7 Å². The van der Waals surface area contributed by atoms with E-state index in [0.717, 1.165) is 24.3 Å². The van der Waals surface area contributed by atoms with Crippen LogP contribution in [0, 0.1) is 29.1 Å². The lowest BCUT2D eigenvalue weighted by Gasteiger charge is -2.19. The van der Waals surface area contributed by atoms with Crippen molar-refractivity contribution in [1.82, 2.24) is 0 Å². The Kier molecular flexibility index (Phi) is 6.54. The summed E-state index contributed by atoms with van der Waals surface area (Å²) in [6.45, 7) is 0.196. The lowest BCUT2D eigenvalue weighted by molar-refractivity contribution is -0.185. The molecule has 9 heteroatoms.